The summed E-state index contributed by atoms with van der Waals surface area (Å²) in [5.74, 6) is -0.902. The van der Waals surface area contributed by atoms with Crippen LogP contribution in [0.2, 0.25) is 0 Å². The Kier molecular flexibility index (Phi) is 7.40. The van der Waals surface area contributed by atoms with E-state index in [1.54, 1.807) is 0 Å². The Morgan fingerprint density at radius 3 is 2.07 bits per heavy atom. The highest BCUT2D eigenvalue weighted by molar-refractivity contribution is 9.12. The molecule has 4 nitrogen and oxygen atoms in total. The quantitative estimate of drug-likeness (QED) is 0.239. The molecule has 1 unspecified atom stereocenters. The number of ether oxygens (including phenoxy) is 1. The van der Waals surface area contributed by atoms with Gasteiger partial charge in [-0.25, -0.2) is 0 Å². The summed E-state index contributed by atoms with van der Waals surface area (Å²) >= 11 is 5.76. The van der Waals surface area contributed by atoms with Gasteiger partial charge in [0.05, 0.1) is 0 Å². The molecule has 0 bridgehead atoms. The molecule has 0 aliphatic rings. The Hall–Kier alpha value is 0.0700. The smallest absolute Gasteiger partial charge is 0.320 e. The van der Waals surface area contributed by atoms with E-state index < -0.39 is 34.3 Å². The number of esters is 1. The third kappa shape index (κ3) is 5.64. The first-order valence-corrected chi connectivity index (χ1v) is 5.52. The van der Waals surface area contributed by atoms with Crippen LogP contribution in [0.5, 0.6) is 0 Å². The van der Waals surface area contributed by atoms with E-state index in [-0.39, 0.29) is 5.33 Å². The second kappa shape index (κ2) is 7.36. The number of rotatable bonds is 6. The number of halogens is 6. The molecule has 0 heterocycles. The van der Waals surface area contributed by atoms with E-state index in [4.69, 9.17) is 0 Å². The van der Waals surface area contributed by atoms with Crippen molar-refractivity contribution in [2.45, 2.75) is 11.0 Å². The van der Waals surface area contributed by atoms with Crippen LogP contribution in [0, 0.1) is 0 Å². The zero-order valence-corrected chi connectivity index (χ0v) is 10.2. The molecule has 0 saturated carbocycles. The molecule has 1 atom stereocenters. The summed E-state index contributed by atoms with van der Waals surface area (Å²) in [5.41, 5.74) is 0. The monoisotopic (exact) mass is 360 g/mol. The van der Waals surface area contributed by atoms with Crippen molar-refractivity contribution in [2.24, 2.45) is 0 Å². The molecule has 15 heavy (non-hydrogen) atoms. The van der Waals surface area contributed by atoms with E-state index in [2.05, 4.69) is 36.6 Å². The Bertz CT molecular complexity index is 201. The highest BCUT2D eigenvalue weighted by atomic mass is 79.9. The van der Waals surface area contributed by atoms with Crippen LogP contribution in [-0.4, -0.2) is 39.6 Å². The first kappa shape index (κ1) is 15.1. The highest BCUT2D eigenvalue weighted by Crippen LogP contribution is 2.11. The van der Waals surface area contributed by atoms with Crippen molar-refractivity contribution in [1.82, 2.24) is 10.7 Å². The lowest BCUT2D eigenvalue weighted by Crippen LogP contribution is -2.38. The number of carbonyl (C=O) groups excluding carboxylic acids is 1. The lowest BCUT2D eigenvalue weighted by atomic mass is 10.5. The minimum absolute atomic E-state index is 0.181. The van der Waals surface area contributed by atoms with Gasteiger partial charge in [0.2, 0.25) is 6.17 Å². The lowest BCUT2D eigenvalue weighted by molar-refractivity contribution is -0.324. The number of carbonyl (C=O) groups is 1. The van der Waals surface area contributed by atoms with Gasteiger partial charge in [-0.2, -0.15) is 0 Å². The second-order valence-corrected chi connectivity index (χ2v) is 4.00. The molecule has 10 heteroatoms. The maximum Gasteiger partial charge on any atom is 0.320 e. The average Bonchev–Trinajstić information content (AvgIpc) is 2.15. The maximum atomic E-state index is 11.8. The summed E-state index contributed by atoms with van der Waals surface area (Å²) in [6, 6.07) is 0. The van der Waals surface area contributed by atoms with Gasteiger partial charge in [0.1, 0.15) is 11.4 Å². The SMILES string of the molecule is O=C(OCC(N(F)F)N(F)F)C(Br)CBr. The molecule has 90 valence electrons. The van der Waals surface area contributed by atoms with Crippen molar-refractivity contribution in [3.63, 3.8) is 0 Å². The highest BCUT2D eigenvalue weighted by Gasteiger charge is 2.29. The standard InChI is InChI=1S/C5H6Br2F4N2O2/c6-1-3(7)5(14)15-2-4(12(8)9)13(10)11/h3-4H,1-2H2. The van der Waals surface area contributed by atoms with Crippen LogP contribution in [-0.2, 0) is 9.53 Å². The van der Waals surface area contributed by atoms with Gasteiger partial charge in [-0.3, -0.25) is 4.79 Å². The molecule has 0 aromatic carbocycles. The fourth-order valence-corrected chi connectivity index (χ4v) is 0.885. The molecule has 0 aliphatic heterocycles. The molecule has 0 radical (unpaired) electrons. The van der Waals surface area contributed by atoms with Crippen LogP contribution in [0.4, 0.5) is 17.9 Å². The minimum Gasteiger partial charge on any atom is -0.461 e. The van der Waals surface area contributed by atoms with Crippen molar-refractivity contribution in [2.75, 3.05) is 11.9 Å². The number of hydrogen-bond donors (Lipinski definition) is 0. The van der Waals surface area contributed by atoms with Gasteiger partial charge >= 0.3 is 5.97 Å². The Morgan fingerprint density at radius 1 is 1.27 bits per heavy atom. The van der Waals surface area contributed by atoms with Crippen LogP contribution in [0.1, 0.15) is 0 Å². The summed E-state index contributed by atoms with van der Waals surface area (Å²) < 4.78 is 51.4. The van der Waals surface area contributed by atoms with Crippen molar-refractivity contribution < 1.29 is 27.5 Å². The normalized spacial score (nSPS) is 13.7. The first-order valence-electron chi connectivity index (χ1n) is 3.48. The molecular weight excluding hydrogens is 356 g/mol. The first-order chi connectivity index (χ1) is 6.90. The van der Waals surface area contributed by atoms with Gasteiger partial charge in [0.15, 0.2) is 0 Å². The summed E-state index contributed by atoms with van der Waals surface area (Å²) in [7, 11) is 0. The Balaban J connectivity index is 4.05. The molecule has 0 aromatic heterocycles. The van der Waals surface area contributed by atoms with Gasteiger partial charge in [-0.15, -0.1) is 0 Å². The second-order valence-electron chi connectivity index (χ2n) is 2.25. The van der Waals surface area contributed by atoms with Gasteiger partial charge in [0.25, 0.3) is 0 Å². The van der Waals surface area contributed by atoms with E-state index in [9.17, 15) is 22.7 Å². The van der Waals surface area contributed by atoms with E-state index in [0.717, 1.165) is 0 Å². The van der Waals surface area contributed by atoms with E-state index in [0.29, 0.717) is 0 Å². The Morgan fingerprint density at radius 2 is 1.73 bits per heavy atom. The van der Waals surface area contributed by atoms with Gasteiger partial charge in [0, 0.05) is 16.0 Å². The van der Waals surface area contributed by atoms with Crippen molar-refractivity contribution in [1.29, 1.82) is 0 Å². The fraction of sp³-hybridized carbons (Fsp3) is 0.800. The van der Waals surface area contributed by atoms with Gasteiger partial charge in [-0.1, -0.05) is 49.8 Å². The molecule has 0 fully saturated rings. The molecule has 0 aromatic rings. The summed E-state index contributed by atoms with van der Waals surface area (Å²) in [6.45, 7) is -1.13. The van der Waals surface area contributed by atoms with Gasteiger partial charge in [-0.05, 0) is 0 Å². The summed E-state index contributed by atoms with van der Waals surface area (Å²) in [4.78, 5) is 10.1. The van der Waals surface area contributed by atoms with Crippen LogP contribution in [0.3, 0.4) is 0 Å². The molecule has 0 amide bonds. The zero-order chi connectivity index (χ0) is 12.0. The Labute approximate surface area is 99.1 Å². The largest absolute Gasteiger partial charge is 0.461 e. The summed E-state index contributed by atoms with van der Waals surface area (Å²) in [6.07, 6.45) is -2.57. The molecule has 0 aliphatic carbocycles. The fourth-order valence-electron chi connectivity index (χ4n) is 0.489. The third-order valence-corrected chi connectivity index (χ3v) is 3.43. The summed E-state index contributed by atoms with van der Waals surface area (Å²) in [5, 5.41) is -3.31. The zero-order valence-electron chi connectivity index (χ0n) is 7.05. The van der Waals surface area contributed by atoms with E-state index in [1.165, 1.54) is 0 Å². The van der Waals surface area contributed by atoms with Crippen LogP contribution >= 0.6 is 31.9 Å². The van der Waals surface area contributed by atoms with Crippen molar-refractivity contribution in [3.8, 4) is 0 Å². The predicted octanol–water partition coefficient (Wildman–Crippen LogP) is 2.16. The van der Waals surface area contributed by atoms with Crippen LogP contribution in [0.25, 0.3) is 0 Å². The van der Waals surface area contributed by atoms with E-state index in [1.807, 2.05) is 0 Å². The average molecular weight is 362 g/mol. The molecule has 0 rings (SSSR count). The van der Waals surface area contributed by atoms with Crippen molar-refractivity contribution in [3.05, 3.63) is 0 Å². The molecule has 0 N–H and O–H groups in total. The lowest BCUT2D eigenvalue weighted by Gasteiger charge is -2.16. The minimum atomic E-state index is -2.57. The van der Waals surface area contributed by atoms with Crippen LogP contribution < -0.4 is 0 Å². The van der Waals surface area contributed by atoms with Crippen molar-refractivity contribution >= 4 is 37.8 Å². The maximum absolute atomic E-state index is 11.8. The number of alkyl halides is 2. The van der Waals surface area contributed by atoms with Gasteiger partial charge < -0.3 is 4.74 Å². The molecular formula is C5H6Br2F4N2O2. The number of nitrogens with zero attached hydrogens (tertiary/aromatic N) is 2. The van der Waals surface area contributed by atoms with Crippen LogP contribution in [0.15, 0.2) is 0 Å². The topological polar surface area (TPSA) is 32.8 Å². The molecule has 0 saturated heterocycles. The third-order valence-electron chi connectivity index (χ3n) is 1.22. The number of hydrogen-bond acceptors (Lipinski definition) is 4. The van der Waals surface area contributed by atoms with E-state index >= 15 is 0 Å². The predicted molar refractivity (Wildman–Crippen MR) is 49.4 cm³/mol. The molecule has 0 spiro atoms.